The Kier molecular flexibility index (Phi) is 6.11. The minimum absolute atomic E-state index is 0. The predicted octanol–water partition coefficient (Wildman–Crippen LogP) is 2.69. The predicted molar refractivity (Wildman–Crippen MR) is 81.2 cm³/mol. The molecule has 1 saturated heterocycles. The summed E-state index contributed by atoms with van der Waals surface area (Å²) in [5.41, 5.74) is 0.984. The fourth-order valence-electron chi connectivity index (χ4n) is 2.34. The third-order valence-electron chi connectivity index (χ3n) is 3.50. The molecule has 0 saturated carbocycles. The Bertz CT molecular complexity index is 439. The van der Waals surface area contributed by atoms with E-state index in [4.69, 9.17) is 11.6 Å². The fourth-order valence-corrected chi connectivity index (χ4v) is 2.53. The van der Waals surface area contributed by atoms with Gasteiger partial charge in [0.2, 0.25) is 5.91 Å². The van der Waals surface area contributed by atoms with Crippen LogP contribution in [0.2, 0.25) is 5.02 Å². The van der Waals surface area contributed by atoms with Gasteiger partial charge in [-0.25, -0.2) is 0 Å². The van der Waals surface area contributed by atoms with Crippen LogP contribution in [0.1, 0.15) is 25.3 Å². The highest BCUT2D eigenvalue weighted by molar-refractivity contribution is 6.30. The fraction of sp³-hybridized carbons (Fsp3) is 0.500. The quantitative estimate of drug-likeness (QED) is 0.911. The van der Waals surface area contributed by atoms with Gasteiger partial charge in [-0.1, -0.05) is 23.7 Å². The van der Waals surface area contributed by atoms with E-state index in [1.807, 2.05) is 36.1 Å². The average molecular weight is 303 g/mol. The first-order valence-corrected chi connectivity index (χ1v) is 6.74. The molecule has 2 atom stereocenters. The summed E-state index contributed by atoms with van der Waals surface area (Å²) in [6.07, 6.45) is 0. The molecule has 1 fully saturated rings. The number of piperazine rings is 1. The second-order valence-electron chi connectivity index (χ2n) is 4.86. The van der Waals surface area contributed by atoms with Crippen molar-refractivity contribution in [3.63, 3.8) is 0 Å². The molecule has 1 aromatic rings. The van der Waals surface area contributed by atoms with Gasteiger partial charge in [-0.2, -0.15) is 0 Å². The molecule has 1 amide bonds. The highest BCUT2D eigenvalue weighted by Gasteiger charge is 2.27. The molecule has 1 aliphatic rings. The lowest BCUT2D eigenvalue weighted by Gasteiger charge is -2.35. The molecule has 3 nitrogen and oxygen atoms in total. The smallest absolute Gasteiger partial charge is 0.230 e. The molecule has 0 bridgehead atoms. The largest absolute Gasteiger partial charge is 0.337 e. The van der Waals surface area contributed by atoms with Crippen LogP contribution < -0.4 is 5.32 Å². The molecule has 1 aliphatic heterocycles. The number of amides is 1. The average Bonchev–Trinajstić information content (AvgIpc) is 2.37. The molecule has 0 aromatic heterocycles. The highest BCUT2D eigenvalue weighted by atomic mass is 35.5. The van der Waals surface area contributed by atoms with Crippen LogP contribution in [0.25, 0.3) is 0 Å². The molecule has 1 heterocycles. The van der Waals surface area contributed by atoms with Crippen LogP contribution in [-0.2, 0) is 4.79 Å². The molecule has 0 aliphatic carbocycles. The van der Waals surface area contributed by atoms with Crippen LogP contribution in [-0.4, -0.2) is 36.5 Å². The number of hydrogen-bond donors (Lipinski definition) is 1. The Morgan fingerprint density at radius 3 is 2.89 bits per heavy atom. The summed E-state index contributed by atoms with van der Waals surface area (Å²) in [7, 11) is 0. The summed E-state index contributed by atoms with van der Waals surface area (Å²) >= 11 is 5.97. The van der Waals surface area contributed by atoms with E-state index >= 15 is 0 Å². The van der Waals surface area contributed by atoms with E-state index in [-0.39, 0.29) is 30.3 Å². The maximum atomic E-state index is 12.5. The first-order valence-electron chi connectivity index (χ1n) is 6.36. The van der Waals surface area contributed by atoms with Crippen molar-refractivity contribution >= 4 is 29.9 Å². The van der Waals surface area contributed by atoms with E-state index < -0.39 is 0 Å². The molecule has 0 spiro atoms. The third kappa shape index (κ3) is 3.85. The van der Waals surface area contributed by atoms with E-state index in [9.17, 15) is 4.79 Å². The van der Waals surface area contributed by atoms with Gasteiger partial charge < -0.3 is 10.2 Å². The number of carbonyl (C=O) groups is 1. The van der Waals surface area contributed by atoms with Gasteiger partial charge in [0, 0.05) is 30.7 Å². The van der Waals surface area contributed by atoms with Gasteiger partial charge in [-0.05, 0) is 31.5 Å². The highest BCUT2D eigenvalue weighted by Crippen LogP contribution is 2.22. The minimum Gasteiger partial charge on any atom is -0.337 e. The van der Waals surface area contributed by atoms with Gasteiger partial charge in [0.25, 0.3) is 0 Å². The molecule has 5 heteroatoms. The van der Waals surface area contributed by atoms with Crippen molar-refractivity contribution < 1.29 is 4.79 Å². The lowest BCUT2D eigenvalue weighted by Crippen LogP contribution is -2.53. The van der Waals surface area contributed by atoms with Gasteiger partial charge in [0.15, 0.2) is 0 Å². The Morgan fingerprint density at radius 1 is 1.53 bits per heavy atom. The Balaban J connectivity index is 0.00000180. The van der Waals surface area contributed by atoms with Crippen molar-refractivity contribution in [2.24, 2.45) is 0 Å². The summed E-state index contributed by atoms with van der Waals surface area (Å²) in [6, 6.07) is 7.81. The van der Waals surface area contributed by atoms with Crippen LogP contribution in [0.15, 0.2) is 24.3 Å². The molecule has 1 aromatic carbocycles. The molecule has 106 valence electrons. The molecular weight excluding hydrogens is 283 g/mol. The van der Waals surface area contributed by atoms with Crippen molar-refractivity contribution in [1.82, 2.24) is 10.2 Å². The zero-order chi connectivity index (χ0) is 13.1. The Labute approximate surface area is 125 Å². The maximum absolute atomic E-state index is 12.5. The number of benzene rings is 1. The number of rotatable bonds is 2. The van der Waals surface area contributed by atoms with Gasteiger partial charge in [-0.3, -0.25) is 4.79 Å². The normalized spacial score (nSPS) is 20.6. The first kappa shape index (κ1) is 16.3. The number of halogens is 2. The zero-order valence-corrected chi connectivity index (χ0v) is 12.8. The topological polar surface area (TPSA) is 32.3 Å². The van der Waals surface area contributed by atoms with E-state index in [2.05, 4.69) is 12.2 Å². The van der Waals surface area contributed by atoms with E-state index in [1.165, 1.54) is 0 Å². The van der Waals surface area contributed by atoms with E-state index in [1.54, 1.807) is 0 Å². The Morgan fingerprint density at radius 2 is 2.26 bits per heavy atom. The summed E-state index contributed by atoms with van der Waals surface area (Å²) in [4.78, 5) is 14.4. The first-order chi connectivity index (χ1) is 8.59. The van der Waals surface area contributed by atoms with Crippen molar-refractivity contribution in [1.29, 1.82) is 0 Å². The molecule has 2 rings (SSSR count). The second kappa shape index (κ2) is 7.13. The number of carbonyl (C=O) groups excluding carboxylic acids is 1. The van der Waals surface area contributed by atoms with E-state index in [0.717, 1.165) is 25.2 Å². The van der Waals surface area contributed by atoms with E-state index in [0.29, 0.717) is 5.02 Å². The van der Waals surface area contributed by atoms with Crippen LogP contribution in [0.3, 0.4) is 0 Å². The summed E-state index contributed by atoms with van der Waals surface area (Å²) < 4.78 is 0. The van der Waals surface area contributed by atoms with Crippen molar-refractivity contribution in [2.45, 2.75) is 25.8 Å². The number of nitrogens with one attached hydrogen (secondary N) is 1. The Hall–Kier alpha value is -0.770. The third-order valence-corrected chi connectivity index (χ3v) is 3.74. The van der Waals surface area contributed by atoms with Gasteiger partial charge in [-0.15, -0.1) is 12.4 Å². The summed E-state index contributed by atoms with van der Waals surface area (Å²) in [5, 5.41) is 3.97. The lowest BCUT2D eigenvalue weighted by atomic mass is 9.98. The van der Waals surface area contributed by atoms with Crippen molar-refractivity contribution in [2.75, 3.05) is 19.6 Å². The number of nitrogens with zero attached hydrogens (tertiary/aromatic N) is 1. The zero-order valence-electron chi connectivity index (χ0n) is 11.2. The SMILES string of the molecule is CC(C(=O)N1CCNCC1C)c1cccc(Cl)c1.Cl. The number of hydrogen-bond acceptors (Lipinski definition) is 2. The maximum Gasteiger partial charge on any atom is 0.230 e. The van der Waals surface area contributed by atoms with Gasteiger partial charge >= 0.3 is 0 Å². The van der Waals surface area contributed by atoms with Crippen molar-refractivity contribution in [3.05, 3.63) is 34.9 Å². The standard InChI is InChI=1S/C14H19ClN2O.ClH/c1-10-9-16-6-7-17(10)14(18)11(2)12-4-3-5-13(15)8-12;/h3-5,8,10-11,16H,6-7,9H2,1-2H3;1H. The van der Waals surface area contributed by atoms with Crippen LogP contribution in [0.5, 0.6) is 0 Å². The van der Waals surface area contributed by atoms with Crippen LogP contribution in [0, 0.1) is 0 Å². The molecule has 0 radical (unpaired) electrons. The molecule has 2 unspecified atom stereocenters. The van der Waals surface area contributed by atoms with Crippen LogP contribution >= 0.6 is 24.0 Å². The molecular formula is C14H20Cl2N2O. The van der Waals surface area contributed by atoms with Crippen LogP contribution in [0.4, 0.5) is 0 Å². The van der Waals surface area contributed by atoms with Crippen molar-refractivity contribution in [3.8, 4) is 0 Å². The van der Waals surface area contributed by atoms with Gasteiger partial charge in [0.05, 0.1) is 5.92 Å². The minimum atomic E-state index is -0.135. The molecule has 19 heavy (non-hydrogen) atoms. The monoisotopic (exact) mass is 302 g/mol. The summed E-state index contributed by atoms with van der Waals surface area (Å²) in [5.74, 6) is 0.0514. The lowest BCUT2D eigenvalue weighted by molar-refractivity contribution is -0.135. The summed E-state index contributed by atoms with van der Waals surface area (Å²) in [6.45, 7) is 6.55. The molecule has 1 N–H and O–H groups in total. The second-order valence-corrected chi connectivity index (χ2v) is 5.30. The van der Waals surface area contributed by atoms with Gasteiger partial charge in [0.1, 0.15) is 0 Å².